The molecule has 0 fully saturated rings. The summed E-state index contributed by atoms with van der Waals surface area (Å²) in [4.78, 5) is 12.3. The molecule has 1 atom stereocenters. The van der Waals surface area contributed by atoms with E-state index in [0.717, 1.165) is 16.8 Å². The molecule has 0 radical (unpaired) electrons. The van der Waals surface area contributed by atoms with Crippen LogP contribution in [0, 0.1) is 19.8 Å². The minimum Gasteiger partial charge on any atom is -0.396 e. The van der Waals surface area contributed by atoms with Crippen LogP contribution in [0.4, 0.5) is 10.5 Å². The number of rotatable bonds is 7. The first kappa shape index (κ1) is 19.5. The van der Waals surface area contributed by atoms with Gasteiger partial charge in [0.05, 0.1) is 5.69 Å². The number of nitrogens with one attached hydrogen (secondary N) is 2. The fraction of sp³-hybridized carbons (Fsp3) is 0.300. The Morgan fingerprint density at radius 1 is 1.18 bits per heavy atom. The lowest BCUT2D eigenvalue weighted by molar-refractivity contribution is 0.218. The molecule has 3 N–H and O–H groups in total. The monoisotopic (exact) mass is 380 g/mol. The van der Waals surface area contributed by atoms with E-state index in [1.165, 1.54) is 16.6 Å². The molecule has 0 aliphatic heterocycles. The summed E-state index contributed by atoms with van der Waals surface area (Å²) in [6, 6.07) is 13.4. The molecule has 0 aliphatic rings. The number of aromatic nitrogens is 4. The highest BCUT2D eigenvalue weighted by Crippen LogP contribution is 2.19. The number of amides is 2. The molecule has 1 aromatic heterocycles. The normalized spacial score (nSPS) is 11.8. The zero-order valence-corrected chi connectivity index (χ0v) is 16.0. The molecule has 8 nitrogen and oxygen atoms in total. The Morgan fingerprint density at radius 3 is 2.64 bits per heavy atom. The topological polar surface area (TPSA) is 105 Å². The van der Waals surface area contributed by atoms with Crippen LogP contribution in [0.5, 0.6) is 0 Å². The third kappa shape index (κ3) is 5.14. The number of carbonyl (C=O) groups excluding carboxylic acids is 1. The number of urea groups is 1. The van der Waals surface area contributed by atoms with Gasteiger partial charge in [0.25, 0.3) is 0 Å². The van der Waals surface area contributed by atoms with Gasteiger partial charge in [0.2, 0.25) is 0 Å². The van der Waals surface area contributed by atoms with Crippen LogP contribution >= 0.6 is 0 Å². The van der Waals surface area contributed by atoms with E-state index in [1.54, 1.807) is 6.07 Å². The van der Waals surface area contributed by atoms with Gasteiger partial charge in [0.1, 0.15) is 6.33 Å². The molecule has 2 aromatic carbocycles. The largest absolute Gasteiger partial charge is 0.396 e. The number of hydrogen-bond donors (Lipinski definition) is 3. The van der Waals surface area contributed by atoms with Gasteiger partial charge >= 0.3 is 6.03 Å². The van der Waals surface area contributed by atoms with Gasteiger partial charge in [-0.3, -0.25) is 0 Å². The average Bonchev–Trinajstić information content (AvgIpc) is 3.23. The first-order valence-corrected chi connectivity index (χ1v) is 9.10. The van der Waals surface area contributed by atoms with Crippen LogP contribution in [-0.2, 0) is 6.42 Å². The van der Waals surface area contributed by atoms with Crippen LogP contribution in [0.25, 0.3) is 5.69 Å². The van der Waals surface area contributed by atoms with Gasteiger partial charge in [-0.05, 0) is 54.0 Å². The molecule has 1 unspecified atom stereocenters. The molecule has 0 bridgehead atoms. The SMILES string of the molecule is Cc1ccc(CC(CO)CNC(=O)Nc2cc(-n3cnnn3)ccc2C)cc1. The zero-order valence-electron chi connectivity index (χ0n) is 16.0. The van der Waals surface area contributed by atoms with E-state index in [1.807, 2.05) is 50.2 Å². The van der Waals surface area contributed by atoms with E-state index in [2.05, 4.69) is 26.2 Å². The Hall–Kier alpha value is -3.26. The van der Waals surface area contributed by atoms with Crippen LogP contribution in [0.15, 0.2) is 48.8 Å². The molecule has 3 aromatic rings. The van der Waals surface area contributed by atoms with Gasteiger partial charge in [-0.15, -0.1) is 5.10 Å². The highest BCUT2D eigenvalue weighted by molar-refractivity contribution is 5.90. The zero-order chi connectivity index (χ0) is 19.9. The molecule has 3 rings (SSSR count). The first-order valence-electron chi connectivity index (χ1n) is 9.10. The fourth-order valence-electron chi connectivity index (χ4n) is 2.83. The minimum atomic E-state index is -0.320. The summed E-state index contributed by atoms with van der Waals surface area (Å²) in [5.74, 6) is -0.0536. The first-order chi connectivity index (χ1) is 13.5. The predicted octanol–water partition coefficient (Wildman–Crippen LogP) is 2.25. The van der Waals surface area contributed by atoms with E-state index >= 15 is 0 Å². The number of aliphatic hydroxyl groups excluding tert-OH is 1. The predicted molar refractivity (Wildman–Crippen MR) is 106 cm³/mol. The maximum absolute atomic E-state index is 12.3. The molecule has 0 saturated heterocycles. The van der Waals surface area contributed by atoms with E-state index < -0.39 is 0 Å². The number of anilines is 1. The molecule has 2 amide bonds. The van der Waals surface area contributed by atoms with Crippen molar-refractivity contribution in [3.8, 4) is 5.69 Å². The maximum atomic E-state index is 12.3. The Balaban J connectivity index is 1.57. The van der Waals surface area contributed by atoms with Gasteiger partial charge in [0.15, 0.2) is 0 Å². The Labute approximate surface area is 163 Å². The molecule has 8 heteroatoms. The van der Waals surface area contributed by atoms with Crippen LogP contribution in [0.3, 0.4) is 0 Å². The molecule has 0 spiro atoms. The van der Waals surface area contributed by atoms with Crippen LogP contribution < -0.4 is 10.6 Å². The second kappa shape index (κ2) is 9.09. The van der Waals surface area contributed by atoms with Gasteiger partial charge in [-0.25, -0.2) is 9.48 Å². The summed E-state index contributed by atoms with van der Waals surface area (Å²) in [5.41, 5.74) is 4.67. The van der Waals surface area contributed by atoms with Crippen molar-refractivity contribution in [1.82, 2.24) is 25.5 Å². The van der Waals surface area contributed by atoms with Gasteiger partial charge in [-0.2, -0.15) is 0 Å². The van der Waals surface area contributed by atoms with E-state index in [4.69, 9.17) is 0 Å². The second-order valence-corrected chi connectivity index (χ2v) is 6.83. The number of nitrogens with zero attached hydrogens (tertiary/aromatic N) is 4. The molecule has 146 valence electrons. The second-order valence-electron chi connectivity index (χ2n) is 6.83. The number of aryl methyl sites for hydroxylation is 2. The van der Waals surface area contributed by atoms with Crippen LogP contribution in [0.2, 0.25) is 0 Å². The lowest BCUT2D eigenvalue weighted by atomic mass is 9.99. The van der Waals surface area contributed by atoms with Crippen molar-refractivity contribution in [2.45, 2.75) is 20.3 Å². The lowest BCUT2D eigenvalue weighted by Gasteiger charge is -2.16. The minimum absolute atomic E-state index is 0.00195. The van der Waals surface area contributed by atoms with E-state index in [-0.39, 0.29) is 18.6 Å². The molecule has 0 aliphatic carbocycles. The number of tetrazole rings is 1. The summed E-state index contributed by atoms with van der Waals surface area (Å²) in [6.45, 7) is 4.33. The third-order valence-electron chi connectivity index (χ3n) is 4.54. The number of aliphatic hydroxyl groups is 1. The average molecular weight is 380 g/mol. The quantitative estimate of drug-likeness (QED) is 0.583. The van der Waals surface area contributed by atoms with E-state index in [9.17, 15) is 9.90 Å². The third-order valence-corrected chi connectivity index (χ3v) is 4.54. The van der Waals surface area contributed by atoms with Crippen molar-refractivity contribution in [2.75, 3.05) is 18.5 Å². The Morgan fingerprint density at radius 2 is 1.96 bits per heavy atom. The van der Waals surface area contributed by atoms with Crippen molar-refractivity contribution >= 4 is 11.7 Å². The summed E-state index contributed by atoms with van der Waals surface area (Å²) in [7, 11) is 0. The molecular formula is C20H24N6O2. The van der Waals surface area contributed by atoms with Crippen molar-refractivity contribution in [2.24, 2.45) is 5.92 Å². The highest BCUT2D eigenvalue weighted by Gasteiger charge is 2.12. The standard InChI is InChI=1S/C20H24N6O2/c1-14-3-6-16(7-4-14)9-17(12-27)11-21-20(28)23-19-10-18(8-5-15(19)2)26-13-22-24-25-26/h3-8,10,13,17,27H,9,11-12H2,1-2H3,(H2,21,23,28). The van der Waals surface area contributed by atoms with Gasteiger partial charge < -0.3 is 15.7 Å². The summed E-state index contributed by atoms with van der Waals surface area (Å²) < 4.78 is 1.52. The summed E-state index contributed by atoms with van der Waals surface area (Å²) >= 11 is 0. The van der Waals surface area contributed by atoms with Gasteiger partial charge in [-0.1, -0.05) is 35.9 Å². The fourth-order valence-corrected chi connectivity index (χ4v) is 2.83. The smallest absolute Gasteiger partial charge is 0.319 e. The Bertz CT molecular complexity index is 909. The van der Waals surface area contributed by atoms with Crippen molar-refractivity contribution < 1.29 is 9.90 Å². The maximum Gasteiger partial charge on any atom is 0.319 e. The van der Waals surface area contributed by atoms with E-state index in [0.29, 0.717) is 18.7 Å². The van der Waals surface area contributed by atoms with Crippen molar-refractivity contribution in [1.29, 1.82) is 0 Å². The molecule has 1 heterocycles. The van der Waals surface area contributed by atoms with Gasteiger partial charge in [0, 0.05) is 24.8 Å². The van der Waals surface area contributed by atoms with Crippen molar-refractivity contribution in [3.05, 3.63) is 65.5 Å². The molecular weight excluding hydrogens is 356 g/mol. The molecule has 0 saturated carbocycles. The van der Waals surface area contributed by atoms with Crippen LogP contribution in [-0.4, -0.2) is 44.5 Å². The molecule has 28 heavy (non-hydrogen) atoms. The Kier molecular flexibility index (Phi) is 6.33. The summed E-state index contributed by atoms with van der Waals surface area (Å²) in [6.07, 6.45) is 2.19. The lowest BCUT2D eigenvalue weighted by Crippen LogP contribution is -2.35. The van der Waals surface area contributed by atoms with Crippen molar-refractivity contribution in [3.63, 3.8) is 0 Å². The number of carbonyl (C=O) groups is 1. The summed E-state index contributed by atoms with van der Waals surface area (Å²) in [5, 5.41) is 26.4. The number of benzene rings is 2. The number of hydrogen-bond acceptors (Lipinski definition) is 5. The van der Waals surface area contributed by atoms with Crippen LogP contribution in [0.1, 0.15) is 16.7 Å². The highest BCUT2D eigenvalue weighted by atomic mass is 16.3.